The van der Waals surface area contributed by atoms with Crippen molar-refractivity contribution in [2.45, 2.75) is 19.4 Å². The van der Waals surface area contributed by atoms with Crippen LogP contribution in [0.3, 0.4) is 0 Å². The number of benzene rings is 2. The summed E-state index contributed by atoms with van der Waals surface area (Å²) in [6, 6.07) is 22.6. The fourth-order valence-electron chi connectivity index (χ4n) is 2.99. The van der Waals surface area contributed by atoms with Crippen molar-refractivity contribution in [1.82, 2.24) is 9.97 Å². The first kappa shape index (κ1) is 15.4. The van der Waals surface area contributed by atoms with Gasteiger partial charge in [-0.25, -0.2) is 9.97 Å². The molecule has 4 aromatic rings. The summed E-state index contributed by atoms with van der Waals surface area (Å²) in [4.78, 5) is 8.72. The predicted octanol–water partition coefficient (Wildman–Crippen LogP) is 5.45. The monoisotopic (exact) mass is 329 g/mol. The number of fused-ring (bicyclic) bond motifs is 1. The Bertz CT molecular complexity index is 964. The molecule has 124 valence electrons. The summed E-state index contributed by atoms with van der Waals surface area (Å²) in [6.07, 6.45) is 2.50. The van der Waals surface area contributed by atoms with Gasteiger partial charge in [-0.2, -0.15) is 0 Å². The summed E-state index contributed by atoms with van der Waals surface area (Å²) in [5.41, 5.74) is 2.87. The minimum atomic E-state index is 0.189. The van der Waals surface area contributed by atoms with Gasteiger partial charge in [-0.3, -0.25) is 0 Å². The summed E-state index contributed by atoms with van der Waals surface area (Å²) in [6.45, 7) is 2.16. The predicted molar refractivity (Wildman–Crippen MR) is 100 cm³/mol. The fraction of sp³-hybridized carbons (Fsp3) is 0.143. The quantitative estimate of drug-likeness (QED) is 0.529. The van der Waals surface area contributed by atoms with Gasteiger partial charge in [-0.05, 0) is 18.1 Å². The molecule has 0 spiro atoms. The summed E-state index contributed by atoms with van der Waals surface area (Å²) in [7, 11) is 0. The SMILES string of the molecule is CCC(Nc1ncnc2oc(-c3ccccc3)cc12)c1ccccc1. The lowest BCUT2D eigenvalue weighted by molar-refractivity contribution is 0.617. The maximum Gasteiger partial charge on any atom is 0.231 e. The van der Waals surface area contributed by atoms with Crippen molar-refractivity contribution in [3.05, 3.63) is 78.6 Å². The molecule has 4 rings (SSSR count). The van der Waals surface area contributed by atoms with E-state index in [-0.39, 0.29) is 6.04 Å². The van der Waals surface area contributed by atoms with Crippen LogP contribution < -0.4 is 5.32 Å². The minimum Gasteiger partial charge on any atom is -0.438 e. The molecule has 0 aliphatic heterocycles. The van der Waals surface area contributed by atoms with Gasteiger partial charge in [0.2, 0.25) is 5.71 Å². The van der Waals surface area contributed by atoms with E-state index in [1.165, 1.54) is 5.56 Å². The van der Waals surface area contributed by atoms with Crippen LogP contribution in [0.4, 0.5) is 5.82 Å². The third-order valence-corrected chi connectivity index (χ3v) is 4.31. The largest absolute Gasteiger partial charge is 0.438 e. The summed E-state index contributed by atoms with van der Waals surface area (Å²) in [5.74, 6) is 1.60. The first-order valence-corrected chi connectivity index (χ1v) is 8.46. The van der Waals surface area contributed by atoms with E-state index in [0.29, 0.717) is 5.71 Å². The average Bonchev–Trinajstić information content (AvgIpc) is 3.12. The second-order valence-electron chi connectivity index (χ2n) is 5.93. The maximum absolute atomic E-state index is 5.92. The Morgan fingerprint density at radius 3 is 2.40 bits per heavy atom. The first-order valence-electron chi connectivity index (χ1n) is 8.46. The molecular formula is C21H19N3O. The number of rotatable bonds is 5. The Labute approximate surface area is 146 Å². The normalized spacial score (nSPS) is 12.2. The minimum absolute atomic E-state index is 0.189. The van der Waals surface area contributed by atoms with Crippen molar-refractivity contribution in [3.8, 4) is 11.3 Å². The molecule has 1 unspecified atom stereocenters. The molecule has 0 amide bonds. The molecule has 0 fully saturated rings. The van der Waals surface area contributed by atoms with E-state index in [9.17, 15) is 0 Å². The van der Waals surface area contributed by atoms with Gasteiger partial charge >= 0.3 is 0 Å². The van der Waals surface area contributed by atoms with E-state index >= 15 is 0 Å². The third-order valence-electron chi connectivity index (χ3n) is 4.31. The molecular weight excluding hydrogens is 310 g/mol. The van der Waals surface area contributed by atoms with E-state index in [4.69, 9.17) is 4.42 Å². The van der Waals surface area contributed by atoms with Crippen molar-refractivity contribution >= 4 is 16.9 Å². The van der Waals surface area contributed by atoms with E-state index in [1.54, 1.807) is 6.33 Å². The van der Waals surface area contributed by atoms with Crippen molar-refractivity contribution in [2.24, 2.45) is 0 Å². The second kappa shape index (κ2) is 6.77. The molecule has 0 radical (unpaired) electrons. The lowest BCUT2D eigenvalue weighted by Gasteiger charge is -2.18. The standard InChI is InChI=1S/C21H19N3O/c1-2-18(15-9-5-3-6-10-15)24-20-17-13-19(16-11-7-4-8-12-16)25-21(17)23-14-22-20/h3-14,18H,2H2,1H3,(H,22,23,24). The third kappa shape index (κ3) is 3.11. The van der Waals surface area contributed by atoms with E-state index in [0.717, 1.165) is 28.9 Å². The van der Waals surface area contributed by atoms with Crippen LogP contribution in [0.2, 0.25) is 0 Å². The molecule has 2 aromatic heterocycles. The zero-order valence-electron chi connectivity index (χ0n) is 14.0. The number of nitrogens with zero attached hydrogens (tertiary/aromatic N) is 2. The fourth-order valence-corrected chi connectivity index (χ4v) is 2.99. The first-order chi connectivity index (χ1) is 12.3. The van der Waals surface area contributed by atoms with Crippen LogP contribution >= 0.6 is 0 Å². The van der Waals surface area contributed by atoms with Gasteiger partial charge in [0.15, 0.2) is 0 Å². The Hall–Kier alpha value is -3.14. The Kier molecular flexibility index (Phi) is 4.17. The number of furan rings is 1. The molecule has 2 heterocycles. The van der Waals surface area contributed by atoms with Gasteiger partial charge in [0.25, 0.3) is 0 Å². The van der Waals surface area contributed by atoms with Crippen molar-refractivity contribution in [3.63, 3.8) is 0 Å². The van der Waals surface area contributed by atoms with Crippen LogP contribution in [0.1, 0.15) is 24.9 Å². The highest BCUT2D eigenvalue weighted by atomic mass is 16.3. The number of hydrogen-bond acceptors (Lipinski definition) is 4. The second-order valence-corrected chi connectivity index (χ2v) is 5.93. The number of nitrogens with one attached hydrogen (secondary N) is 1. The molecule has 0 saturated heterocycles. The number of aromatic nitrogens is 2. The topological polar surface area (TPSA) is 51.0 Å². The Morgan fingerprint density at radius 2 is 1.68 bits per heavy atom. The zero-order chi connectivity index (χ0) is 17.1. The molecule has 1 N–H and O–H groups in total. The molecule has 1 atom stereocenters. The summed E-state index contributed by atoms with van der Waals surface area (Å²) < 4.78 is 5.92. The van der Waals surface area contributed by atoms with E-state index in [1.807, 2.05) is 42.5 Å². The smallest absolute Gasteiger partial charge is 0.231 e. The van der Waals surface area contributed by atoms with Crippen molar-refractivity contribution in [1.29, 1.82) is 0 Å². The maximum atomic E-state index is 5.92. The summed E-state index contributed by atoms with van der Waals surface area (Å²) in [5, 5.41) is 4.44. The van der Waals surface area contributed by atoms with Gasteiger partial charge in [0, 0.05) is 5.56 Å². The molecule has 0 aliphatic rings. The van der Waals surface area contributed by atoms with Crippen LogP contribution in [0.25, 0.3) is 22.4 Å². The van der Waals surface area contributed by atoms with Gasteiger partial charge in [-0.1, -0.05) is 67.6 Å². The summed E-state index contributed by atoms with van der Waals surface area (Å²) >= 11 is 0. The van der Waals surface area contributed by atoms with Gasteiger partial charge in [0.05, 0.1) is 11.4 Å². The Morgan fingerprint density at radius 1 is 0.960 bits per heavy atom. The van der Waals surface area contributed by atoms with Crippen LogP contribution in [-0.4, -0.2) is 9.97 Å². The number of anilines is 1. The average molecular weight is 329 g/mol. The highest BCUT2D eigenvalue weighted by Gasteiger charge is 2.15. The number of hydrogen-bond donors (Lipinski definition) is 1. The van der Waals surface area contributed by atoms with Gasteiger partial charge in [-0.15, -0.1) is 0 Å². The van der Waals surface area contributed by atoms with Crippen LogP contribution in [0, 0.1) is 0 Å². The lowest BCUT2D eigenvalue weighted by Crippen LogP contribution is -2.10. The van der Waals surface area contributed by atoms with Crippen molar-refractivity contribution in [2.75, 3.05) is 5.32 Å². The highest BCUT2D eigenvalue weighted by Crippen LogP contribution is 2.31. The van der Waals surface area contributed by atoms with E-state index < -0.39 is 0 Å². The van der Waals surface area contributed by atoms with Crippen LogP contribution in [0.15, 0.2) is 77.5 Å². The van der Waals surface area contributed by atoms with Gasteiger partial charge < -0.3 is 9.73 Å². The molecule has 0 bridgehead atoms. The molecule has 0 aliphatic carbocycles. The molecule has 4 heteroatoms. The zero-order valence-corrected chi connectivity index (χ0v) is 14.0. The molecule has 2 aromatic carbocycles. The highest BCUT2D eigenvalue weighted by molar-refractivity contribution is 5.89. The van der Waals surface area contributed by atoms with Crippen LogP contribution in [0.5, 0.6) is 0 Å². The Balaban J connectivity index is 1.71. The molecule has 4 nitrogen and oxygen atoms in total. The van der Waals surface area contributed by atoms with Gasteiger partial charge in [0.1, 0.15) is 17.9 Å². The lowest BCUT2D eigenvalue weighted by atomic mass is 10.0. The van der Waals surface area contributed by atoms with Crippen LogP contribution in [-0.2, 0) is 0 Å². The molecule has 25 heavy (non-hydrogen) atoms. The molecule has 0 saturated carbocycles. The van der Waals surface area contributed by atoms with E-state index in [2.05, 4.69) is 46.5 Å². The van der Waals surface area contributed by atoms with Crippen molar-refractivity contribution < 1.29 is 4.42 Å².